The van der Waals surface area contributed by atoms with Crippen LogP contribution in [0, 0.1) is 0 Å². The zero-order valence-corrected chi connectivity index (χ0v) is 13.9. The van der Waals surface area contributed by atoms with Crippen molar-refractivity contribution in [1.29, 1.82) is 0 Å². The summed E-state index contributed by atoms with van der Waals surface area (Å²) in [6.45, 7) is 4.91. The van der Waals surface area contributed by atoms with Gasteiger partial charge < -0.3 is 15.4 Å². The van der Waals surface area contributed by atoms with Crippen LogP contribution in [0.2, 0.25) is 0 Å². The summed E-state index contributed by atoms with van der Waals surface area (Å²) in [4.78, 5) is 11.7. The van der Waals surface area contributed by atoms with Crippen LogP contribution >= 0.6 is 15.9 Å². The van der Waals surface area contributed by atoms with Crippen LogP contribution in [0.1, 0.15) is 32.3 Å². The van der Waals surface area contributed by atoms with Gasteiger partial charge in [0.25, 0.3) is 5.91 Å². The topological polar surface area (TPSA) is 50.4 Å². The van der Waals surface area contributed by atoms with Crippen molar-refractivity contribution in [3.8, 4) is 5.75 Å². The molecule has 20 heavy (non-hydrogen) atoms. The quantitative estimate of drug-likeness (QED) is 0.763. The van der Waals surface area contributed by atoms with Crippen molar-refractivity contribution in [2.45, 2.75) is 39.3 Å². The second-order valence-electron chi connectivity index (χ2n) is 4.83. The summed E-state index contributed by atoms with van der Waals surface area (Å²) >= 11 is 3.49. The third kappa shape index (κ3) is 5.92. The van der Waals surface area contributed by atoms with E-state index in [1.165, 1.54) is 0 Å². The summed E-state index contributed by atoms with van der Waals surface area (Å²) < 4.78 is 6.56. The molecule has 0 aliphatic carbocycles. The minimum atomic E-state index is -0.0796. The Hall–Kier alpha value is -1.07. The first kappa shape index (κ1) is 17.0. The third-order valence-electron chi connectivity index (χ3n) is 2.88. The van der Waals surface area contributed by atoms with E-state index in [0.717, 1.165) is 29.4 Å². The smallest absolute Gasteiger partial charge is 0.258 e. The largest absolute Gasteiger partial charge is 0.484 e. The van der Waals surface area contributed by atoms with Crippen molar-refractivity contribution in [3.05, 3.63) is 28.2 Å². The fourth-order valence-electron chi connectivity index (χ4n) is 1.94. The second-order valence-corrected chi connectivity index (χ2v) is 5.68. The maximum atomic E-state index is 11.7. The van der Waals surface area contributed by atoms with Crippen LogP contribution in [0.4, 0.5) is 0 Å². The number of ether oxygens (including phenoxy) is 1. The van der Waals surface area contributed by atoms with E-state index in [4.69, 9.17) is 4.74 Å². The SMILES string of the molecule is CCCC(C)NC(=O)COc1ccc(Br)c(CNC)c1. The van der Waals surface area contributed by atoms with E-state index in [2.05, 4.69) is 33.5 Å². The summed E-state index contributed by atoms with van der Waals surface area (Å²) in [6.07, 6.45) is 2.04. The molecule has 1 unspecified atom stereocenters. The predicted octanol–water partition coefficient (Wildman–Crippen LogP) is 2.85. The molecule has 112 valence electrons. The Bertz CT molecular complexity index is 438. The summed E-state index contributed by atoms with van der Waals surface area (Å²) in [7, 11) is 1.89. The van der Waals surface area contributed by atoms with Crippen molar-refractivity contribution in [1.82, 2.24) is 10.6 Å². The number of rotatable bonds is 8. The van der Waals surface area contributed by atoms with Crippen molar-refractivity contribution in [2.75, 3.05) is 13.7 Å². The molecular formula is C15H23BrN2O2. The van der Waals surface area contributed by atoms with Crippen LogP contribution in [-0.2, 0) is 11.3 Å². The van der Waals surface area contributed by atoms with Gasteiger partial charge in [-0.25, -0.2) is 0 Å². The van der Waals surface area contributed by atoms with Crippen molar-refractivity contribution < 1.29 is 9.53 Å². The molecule has 0 aliphatic heterocycles. The van der Waals surface area contributed by atoms with Gasteiger partial charge in [0.15, 0.2) is 6.61 Å². The van der Waals surface area contributed by atoms with E-state index < -0.39 is 0 Å². The number of halogens is 1. The Morgan fingerprint density at radius 3 is 2.85 bits per heavy atom. The van der Waals surface area contributed by atoms with E-state index in [1.807, 2.05) is 32.2 Å². The number of carbonyl (C=O) groups is 1. The van der Waals surface area contributed by atoms with Gasteiger partial charge in [-0.3, -0.25) is 4.79 Å². The fraction of sp³-hybridized carbons (Fsp3) is 0.533. The van der Waals surface area contributed by atoms with Gasteiger partial charge in [0.2, 0.25) is 0 Å². The number of amides is 1. The first-order chi connectivity index (χ1) is 9.56. The zero-order chi connectivity index (χ0) is 15.0. The Labute approximate surface area is 129 Å². The lowest BCUT2D eigenvalue weighted by Gasteiger charge is -2.14. The average Bonchev–Trinajstić information content (AvgIpc) is 2.40. The molecule has 0 saturated carbocycles. The first-order valence-electron chi connectivity index (χ1n) is 6.92. The van der Waals surface area contributed by atoms with Gasteiger partial charge in [-0.2, -0.15) is 0 Å². The van der Waals surface area contributed by atoms with Gasteiger partial charge in [-0.05, 0) is 44.2 Å². The molecule has 4 nitrogen and oxygen atoms in total. The molecule has 1 aromatic rings. The molecule has 1 aromatic carbocycles. The summed E-state index contributed by atoms with van der Waals surface area (Å²) in [5.41, 5.74) is 1.10. The minimum Gasteiger partial charge on any atom is -0.484 e. The molecular weight excluding hydrogens is 320 g/mol. The highest BCUT2D eigenvalue weighted by Crippen LogP contribution is 2.22. The van der Waals surface area contributed by atoms with Crippen molar-refractivity contribution in [3.63, 3.8) is 0 Å². The molecule has 1 rings (SSSR count). The van der Waals surface area contributed by atoms with Crippen LogP contribution in [-0.4, -0.2) is 25.6 Å². The summed E-state index contributed by atoms with van der Waals surface area (Å²) in [5.74, 6) is 0.626. The van der Waals surface area contributed by atoms with Gasteiger partial charge >= 0.3 is 0 Å². The molecule has 5 heteroatoms. The predicted molar refractivity (Wildman–Crippen MR) is 84.9 cm³/mol. The van der Waals surface area contributed by atoms with E-state index >= 15 is 0 Å². The van der Waals surface area contributed by atoms with Gasteiger partial charge in [-0.15, -0.1) is 0 Å². The highest BCUT2D eigenvalue weighted by atomic mass is 79.9. The molecule has 0 heterocycles. The Morgan fingerprint density at radius 2 is 2.20 bits per heavy atom. The van der Waals surface area contributed by atoms with Crippen LogP contribution in [0.15, 0.2) is 22.7 Å². The molecule has 0 bridgehead atoms. The molecule has 0 radical (unpaired) electrons. The fourth-order valence-corrected chi connectivity index (χ4v) is 2.32. The summed E-state index contributed by atoms with van der Waals surface area (Å²) in [5, 5.41) is 6.01. The molecule has 1 amide bonds. The van der Waals surface area contributed by atoms with Crippen LogP contribution in [0.5, 0.6) is 5.75 Å². The third-order valence-corrected chi connectivity index (χ3v) is 3.66. The maximum Gasteiger partial charge on any atom is 0.258 e. The number of hydrogen-bond acceptors (Lipinski definition) is 3. The number of carbonyl (C=O) groups excluding carboxylic acids is 1. The number of benzene rings is 1. The molecule has 1 atom stereocenters. The lowest BCUT2D eigenvalue weighted by molar-refractivity contribution is -0.123. The van der Waals surface area contributed by atoms with Crippen molar-refractivity contribution >= 4 is 21.8 Å². The Kier molecular flexibility index (Phi) is 7.62. The number of nitrogens with one attached hydrogen (secondary N) is 2. The zero-order valence-electron chi connectivity index (χ0n) is 12.3. The second kappa shape index (κ2) is 8.97. The molecule has 2 N–H and O–H groups in total. The average molecular weight is 343 g/mol. The molecule has 0 spiro atoms. The van der Waals surface area contributed by atoms with Crippen LogP contribution in [0.3, 0.4) is 0 Å². The highest BCUT2D eigenvalue weighted by molar-refractivity contribution is 9.10. The lowest BCUT2D eigenvalue weighted by Crippen LogP contribution is -2.35. The Morgan fingerprint density at radius 1 is 1.45 bits per heavy atom. The normalized spacial score (nSPS) is 12.0. The van der Waals surface area contributed by atoms with Crippen LogP contribution in [0.25, 0.3) is 0 Å². The van der Waals surface area contributed by atoms with E-state index in [-0.39, 0.29) is 18.6 Å². The molecule has 0 aromatic heterocycles. The lowest BCUT2D eigenvalue weighted by atomic mass is 10.2. The van der Waals surface area contributed by atoms with E-state index in [9.17, 15) is 4.79 Å². The Balaban J connectivity index is 2.49. The first-order valence-corrected chi connectivity index (χ1v) is 7.71. The monoisotopic (exact) mass is 342 g/mol. The van der Waals surface area contributed by atoms with E-state index in [1.54, 1.807) is 0 Å². The minimum absolute atomic E-state index is 0.0503. The van der Waals surface area contributed by atoms with Gasteiger partial charge in [0.05, 0.1) is 0 Å². The molecule has 0 fully saturated rings. The van der Waals surface area contributed by atoms with Gasteiger partial charge in [0, 0.05) is 17.1 Å². The van der Waals surface area contributed by atoms with Crippen LogP contribution < -0.4 is 15.4 Å². The number of hydrogen-bond donors (Lipinski definition) is 2. The van der Waals surface area contributed by atoms with Crippen molar-refractivity contribution in [2.24, 2.45) is 0 Å². The molecule has 0 aliphatic rings. The maximum absolute atomic E-state index is 11.7. The van der Waals surface area contributed by atoms with Gasteiger partial charge in [-0.1, -0.05) is 29.3 Å². The standard InChI is InChI=1S/C15H23BrN2O2/c1-4-5-11(2)18-15(19)10-20-13-6-7-14(16)12(8-13)9-17-3/h6-8,11,17H,4-5,9-10H2,1-3H3,(H,18,19). The van der Waals surface area contributed by atoms with Gasteiger partial charge in [0.1, 0.15) is 5.75 Å². The van der Waals surface area contributed by atoms with E-state index in [0.29, 0.717) is 5.75 Å². The summed E-state index contributed by atoms with van der Waals surface area (Å²) in [6, 6.07) is 5.91. The highest BCUT2D eigenvalue weighted by Gasteiger charge is 2.08. The molecule has 0 saturated heterocycles.